The third kappa shape index (κ3) is 5.18. The summed E-state index contributed by atoms with van der Waals surface area (Å²) in [6.45, 7) is 1.78. The maximum absolute atomic E-state index is 13.8. The van der Waals surface area contributed by atoms with Crippen molar-refractivity contribution in [3.63, 3.8) is 0 Å². The minimum absolute atomic E-state index is 0.0871. The van der Waals surface area contributed by atoms with Gasteiger partial charge < -0.3 is 10.1 Å². The van der Waals surface area contributed by atoms with Crippen LogP contribution < -0.4 is 10.9 Å². The Labute approximate surface area is 202 Å². The molecule has 1 N–H and O–H groups in total. The lowest BCUT2D eigenvalue weighted by molar-refractivity contribution is -0.113. The van der Waals surface area contributed by atoms with Crippen molar-refractivity contribution in [1.29, 1.82) is 0 Å². The Morgan fingerprint density at radius 2 is 1.97 bits per heavy atom. The molecule has 174 valence electrons. The van der Waals surface area contributed by atoms with Gasteiger partial charge in [-0.2, -0.15) is 9.78 Å². The Balaban J connectivity index is 1.67. The number of aromatic nitrogens is 2. The summed E-state index contributed by atoms with van der Waals surface area (Å²) in [6, 6.07) is 15.1. The first kappa shape index (κ1) is 23.7. The summed E-state index contributed by atoms with van der Waals surface area (Å²) in [5, 5.41) is 9.20. The molecule has 0 saturated carbocycles. The second-order valence-electron chi connectivity index (χ2n) is 7.15. The maximum atomic E-state index is 13.8. The molecule has 1 amide bonds. The highest BCUT2D eigenvalue weighted by Crippen LogP contribution is 2.31. The lowest BCUT2D eigenvalue weighted by Crippen LogP contribution is -2.26. The average Bonchev–Trinajstić information content (AvgIpc) is 3.24. The number of hydrogen-bond donors (Lipinski definition) is 1. The molecule has 4 rings (SSSR count). The molecule has 7 nitrogen and oxygen atoms in total. The van der Waals surface area contributed by atoms with E-state index in [-0.39, 0.29) is 40.4 Å². The first-order valence-electron chi connectivity index (χ1n) is 10.4. The highest BCUT2D eigenvalue weighted by Gasteiger charge is 2.23. The molecule has 0 aliphatic heterocycles. The monoisotopic (exact) mass is 497 g/mol. The van der Waals surface area contributed by atoms with Crippen LogP contribution in [0.3, 0.4) is 0 Å². The standard InChI is InChI=1S/C24H20FN3O4S2/c1-2-32-24(31)21-18-13-34-22(26-19(29)14-33-12-15-7-4-3-5-8-15)20(18)23(30)28(27-21)17-10-6-9-16(25)11-17/h3-11,13H,2,12,14H2,1H3,(H,26,29). The highest BCUT2D eigenvalue weighted by atomic mass is 32.2. The maximum Gasteiger partial charge on any atom is 0.359 e. The number of thiophene rings is 1. The number of thioether (sulfide) groups is 1. The Bertz CT molecular complexity index is 1400. The van der Waals surface area contributed by atoms with Crippen LogP contribution in [0.5, 0.6) is 0 Å². The lowest BCUT2D eigenvalue weighted by Gasteiger charge is -2.10. The molecule has 34 heavy (non-hydrogen) atoms. The number of halogens is 1. The molecule has 0 aliphatic rings. The van der Waals surface area contributed by atoms with Crippen molar-refractivity contribution in [2.75, 3.05) is 17.7 Å². The molecule has 0 atom stereocenters. The zero-order valence-electron chi connectivity index (χ0n) is 18.1. The van der Waals surface area contributed by atoms with E-state index in [1.165, 1.54) is 30.0 Å². The topological polar surface area (TPSA) is 90.3 Å². The number of amides is 1. The number of rotatable bonds is 8. The number of ether oxygens (including phenoxy) is 1. The fourth-order valence-electron chi connectivity index (χ4n) is 3.27. The minimum Gasteiger partial charge on any atom is -0.461 e. The number of nitrogens with one attached hydrogen (secondary N) is 1. The molecule has 2 aromatic carbocycles. The van der Waals surface area contributed by atoms with Crippen LogP contribution in [-0.2, 0) is 15.3 Å². The quantitative estimate of drug-likeness (QED) is 0.357. The van der Waals surface area contributed by atoms with Gasteiger partial charge in [-0.15, -0.1) is 23.1 Å². The Morgan fingerprint density at radius 3 is 2.71 bits per heavy atom. The number of carbonyl (C=O) groups excluding carboxylic acids is 2. The fourth-order valence-corrected chi connectivity index (χ4v) is 5.01. The molecule has 0 aliphatic carbocycles. The normalized spacial score (nSPS) is 10.9. The molecular weight excluding hydrogens is 477 g/mol. The van der Waals surface area contributed by atoms with Crippen molar-refractivity contribution >= 4 is 50.7 Å². The van der Waals surface area contributed by atoms with Crippen LogP contribution in [-0.4, -0.2) is 34.0 Å². The van der Waals surface area contributed by atoms with Gasteiger partial charge in [-0.05, 0) is 30.7 Å². The predicted octanol–water partition coefficient (Wildman–Crippen LogP) is 4.63. The van der Waals surface area contributed by atoms with Crippen LogP contribution in [0.25, 0.3) is 16.5 Å². The summed E-state index contributed by atoms with van der Waals surface area (Å²) in [7, 11) is 0. The third-order valence-corrected chi connectivity index (χ3v) is 6.67. The SMILES string of the molecule is CCOC(=O)c1nn(-c2cccc(F)c2)c(=O)c2c(NC(=O)CSCc3ccccc3)scc12. The Kier molecular flexibility index (Phi) is 7.39. The molecule has 0 bridgehead atoms. The molecule has 2 heterocycles. The van der Waals surface area contributed by atoms with Crippen molar-refractivity contribution < 1.29 is 18.7 Å². The van der Waals surface area contributed by atoms with Gasteiger partial charge in [0, 0.05) is 16.5 Å². The molecule has 4 aromatic rings. The lowest BCUT2D eigenvalue weighted by atomic mass is 10.2. The summed E-state index contributed by atoms with van der Waals surface area (Å²) >= 11 is 2.56. The number of carbonyl (C=O) groups is 2. The van der Waals surface area contributed by atoms with E-state index >= 15 is 0 Å². The number of hydrogen-bond acceptors (Lipinski definition) is 7. The molecular formula is C24H20FN3O4S2. The van der Waals surface area contributed by atoms with Gasteiger partial charge in [0.25, 0.3) is 5.56 Å². The van der Waals surface area contributed by atoms with Crippen molar-refractivity contribution in [3.8, 4) is 5.69 Å². The molecule has 0 fully saturated rings. The van der Waals surface area contributed by atoms with E-state index in [0.717, 1.165) is 27.6 Å². The van der Waals surface area contributed by atoms with E-state index in [9.17, 15) is 18.8 Å². The van der Waals surface area contributed by atoms with Crippen molar-refractivity contribution in [2.24, 2.45) is 0 Å². The van der Waals surface area contributed by atoms with Gasteiger partial charge in [0.05, 0.1) is 23.4 Å². The van der Waals surface area contributed by atoms with Gasteiger partial charge in [0.15, 0.2) is 5.69 Å². The predicted molar refractivity (Wildman–Crippen MR) is 132 cm³/mol. The minimum atomic E-state index is -0.716. The zero-order chi connectivity index (χ0) is 24.1. The van der Waals surface area contributed by atoms with Gasteiger partial charge in [-0.25, -0.2) is 9.18 Å². The first-order valence-corrected chi connectivity index (χ1v) is 12.4. The van der Waals surface area contributed by atoms with E-state index in [4.69, 9.17) is 4.74 Å². The second-order valence-corrected chi connectivity index (χ2v) is 9.01. The van der Waals surface area contributed by atoms with Gasteiger partial charge in [0.1, 0.15) is 10.8 Å². The van der Waals surface area contributed by atoms with Gasteiger partial charge in [-0.1, -0.05) is 36.4 Å². The summed E-state index contributed by atoms with van der Waals surface area (Å²) in [5.41, 5.74) is 0.586. The summed E-state index contributed by atoms with van der Waals surface area (Å²) in [6.07, 6.45) is 0. The molecule has 10 heteroatoms. The number of nitrogens with zero attached hydrogens (tertiary/aromatic N) is 2. The van der Waals surface area contributed by atoms with E-state index in [0.29, 0.717) is 10.8 Å². The second kappa shape index (κ2) is 10.6. The number of benzene rings is 2. The van der Waals surface area contributed by atoms with E-state index in [1.807, 2.05) is 30.3 Å². The third-order valence-electron chi connectivity index (χ3n) is 4.77. The molecule has 0 unspecified atom stereocenters. The summed E-state index contributed by atoms with van der Waals surface area (Å²) in [5.74, 6) is -0.703. The Morgan fingerprint density at radius 1 is 1.18 bits per heavy atom. The van der Waals surface area contributed by atoms with E-state index < -0.39 is 17.3 Å². The number of esters is 1. The smallest absolute Gasteiger partial charge is 0.359 e. The number of fused-ring (bicyclic) bond motifs is 1. The molecule has 0 spiro atoms. The van der Waals surface area contributed by atoms with Gasteiger partial charge >= 0.3 is 5.97 Å². The van der Waals surface area contributed by atoms with Crippen molar-refractivity contribution in [2.45, 2.75) is 12.7 Å². The van der Waals surface area contributed by atoms with E-state index in [1.54, 1.807) is 12.3 Å². The van der Waals surface area contributed by atoms with Gasteiger partial charge in [-0.3, -0.25) is 9.59 Å². The summed E-state index contributed by atoms with van der Waals surface area (Å²) in [4.78, 5) is 38.5. The van der Waals surface area contributed by atoms with Crippen LogP contribution in [0.4, 0.5) is 9.39 Å². The van der Waals surface area contributed by atoms with Crippen LogP contribution in [0, 0.1) is 5.82 Å². The highest BCUT2D eigenvalue weighted by molar-refractivity contribution is 7.99. The molecule has 0 radical (unpaired) electrons. The molecule has 2 aromatic heterocycles. The number of anilines is 1. The molecule has 0 saturated heterocycles. The van der Waals surface area contributed by atoms with Crippen LogP contribution in [0.1, 0.15) is 23.0 Å². The zero-order valence-corrected chi connectivity index (χ0v) is 19.7. The summed E-state index contributed by atoms with van der Waals surface area (Å²) < 4.78 is 19.9. The fraction of sp³-hybridized carbons (Fsp3) is 0.167. The Hall–Kier alpha value is -3.50. The van der Waals surface area contributed by atoms with E-state index in [2.05, 4.69) is 10.4 Å². The average molecular weight is 498 g/mol. The van der Waals surface area contributed by atoms with Gasteiger partial charge in [0.2, 0.25) is 5.91 Å². The van der Waals surface area contributed by atoms with Crippen LogP contribution >= 0.6 is 23.1 Å². The largest absolute Gasteiger partial charge is 0.461 e. The van der Waals surface area contributed by atoms with Crippen molar-refractivity contribution in [3.05, 3.63) is 87.4 Å². The van der Waals surface area contributed by atoms with Crippen LogP contribution in [0.15, 0.2) is 64.8 Å². The van der Waals surface area contributed by atoms with Crippen LogP contribution in [0.2, 0.25) is 0 Å². The first-order chi connectivity index (χ1) is 16.5. The van der Waals surface area contributed by atoms with Crippen molar-refractivity contribution in [1.82, 2.24) is 9.78 Å².